The lowest BCUT2D eigenvalue weighted by Gasteiger charge is -2.21. The fourth-order valence-corrected chi connectivity index (χ4v) is 4.11. The summed E-state index contributed by atoms with van der Waals surface area (Å²) >= 11 is 0. The van der Waals surface area contributed by atoms with E-state index < -0.39 is 29.5 Å². The van der Waals surface area contributed by atoms with Crippen molar-refractivity contribution in [2.75, 3.05) is 25.5 Å². The highest BCUT2D eigenvalue weighted by atomic mass is 16.5. The van der Waals surface area contributed by atoms with Crippen LogP contribution in [0.2, 0.25) is 0 Å². The van der Waals surface area contributed by atoms with Gasteiger partial charge in [-0.15, -0.1) is 0 Å². The molecule has 2 saturated heterocycles. The molecule has 2 bridgehead atoms. The highest BCUT2D eigenvalue weighted by Crippen LogP contribution is 2.52. The van der Waals surface area contributed by atoms with Gasteiger partial charge in [-0.1, -0.05) is 24.3 Å². The molecular formula is C18H20N2O4. The number of nitrogens with zero attached hydrogens (tertiary/aromatic N) is 2. The van der Waals surface area contributed by atoms with Crippen LogP contribution < -0.4 is 4.90 Å². The van der Waals surface area contributed by atoms with Gasteiger partial charge in [0.05, 0.1) is 18.6 Å². The third-order valence-corrected chi connectivity index (χ3v) is 5.29. The summed E-state index contributed by atoms with van der Waals surface area (Å²) in [5, 5.41) is 9.47. The van der Waals surface area contributed by atoms with Crippen LogP contribution in [0.1, 0.15) is 5.56 Å². The molecule has 3 aliphatic rings. The molecule has 3 heterocycles. The molecule has 1 spiro atoms. The molecule has 6 heteroatoms. The first-order valence-electron chi connectivity index (χ1n) is 8.06. The zero-order valence-corrected chi connectivity index (χ0v) is 13.7. The monoisotopic (exact) mass is 328 g/mol. The number of carbonyl (C=O) groups is 2. The third-order valence-electron chi connectivity index (χ3n) is 5.29. The maximum atomic E-state index is 12.8. The van der Waals surface area contributed by atoms with Crippen molar-refractivity contribution in [3.8, 4) is 0 Å². The molecule has 0 unspecified atom stereocenters. The van der Waals surface area contributed by atoms with Gasteiger partial charge in [0.15, 0.2) is 0 Å². The van der Waals surface area contributed by atoms with Crippen molar-refractivity contribution in [2.45, 2.75) is 18.2 Å². The molecule has 0 saturated carbocycles. The van der Waals surface area contributed by atoms with Crippen molar-refractivity contribution >= 4 is 17.6 Å². The summed E-state index contributed by atoms with van der Waals surface area (Å²) in [6.07, 6.45) is 3.20. The van der Waals surface area contributed by atoms with E-state index in [2.05, 4.69) is 0 Å². The minimum absolute atomic E-state index is 0.120. The Morgan fingerprint density at radius 2 is 2.08 bits per heavy atom. The SMILES string of the molecule is CN(C)c1ccc(CN2C[C@]34C=C[C@@H](O3)[C@H](C(=O)O)[C@@H]4C2=O)cc1. The molecule has 2 fully saturated rings. The Hall–Kier alpha value is -2.34. The first-order valence-corrected chi connectivity index (χ1v) is 8.06. The molecular weight excluding hydrogens is 308 g/mol. The fourth-order valence-electron chi connectivity index (χ4n) is 4.11. The van der Waals surface area contributed by atoms with Crippen molar-refractivity contribution in [3.63, 3.8) is 0 Å². The van der Waals surface area contributed by atoms with Crippen LogP contribution in [0, 0.1) is 11.8 Å². The fraction of sp³-hybridized carbons (Fsp3) is 0.444. The molecule has 4 rings (SSSR count). The lowest BCUT2D eigenvalue weighted by Crippen LogP contribution is -2.39. The van der Waals surface area contributed by atoms with Gasteiger partial charge in [0.1, 0.15) is 11.5 Å². The number of carboxylic acid groups (broad SMARTS) is 1. The molecule has 126 valence electrons. The van der Waals surface area contributed by atoms with Gasteiger partial charge in [-0.05, 0) is 17.7 Å². The Balaban J connectivity index is 1.55. The van der Waals surface area contributed by atoms with E-state index in [1.165, 1.54) is 0 Å². The molecule has 24 heavy (non-hydrogen) atoms. The second-order valence-electron chi connectivity index (χ2n) is 6.99. The van der Waals surface area contributed by atoms with Gasteiger partial charge in [0, 0.05) is 26.3 Å². The van der Waals surface area contributed by atoms with Crippen molar-refractivity contribution in [1.29, 1.82) is 0 Å². The number of ether oxygens (including phenoxy) is 1. The molecule has 4 atom stereocenters. The van der Waals surface area contributed by atoms with E-state index >= 15 is 0 Å². The summed E-state index contributed by atoms with van der Waals surface area (Å²) in [5.74, 6) is -2.46. The van der Waals surface area contributed by atoms with Crippen LogP contribution in [0.25, 0.3) is 0 Å². The Labute approximate surface area is 140 Å². The van der Waals surface area contributed by atoms with E-state index in [9.17, 15) is 14.7 Å². The molecule has 1 N–H and O–H groups in total. The van der Waals surface area contributed by atoms with Crippen LogP contribution in [0.4, 0.5) is 5.69 Å². The number of hydrogen-bond acceptors (Lipinski definition) is 4. The molecule has 6 nitrogen and oxygen atoms in total. The maximum Gasteiger partial charge on any atom is 0.310 e. The number of carbonyl (C=O) groups excluding carboxylic acids is 1. The van der Waals surface area contributed by atoms with E-state index in [1.807, 2.05) is 49.3 Å². The lowest BCUT2D eigenvalue weighted by molar-refractivity contribution is -0.148. The van der Waals surface area contributed by atoms with Crippen LogP contribution in [0.15, 0.2) is 36.4 Å². The summed E-state index contributed by atoms with van der Waals surface area (Å²) in [6.45, 7) is 0.891. The summed E-state index contributed by atoms with van der Waals surface area (Å²) in [7, 11) is 3.96. The third kappa shape index (κ3) is 2.06. The Morgan fingerprint density at radius 1 is 1.38 bits per heavy atom. The van der Waals surface area contributed by atoms with E-state index in [0.717, 1.165) is 11.3 Å². The van der Waals surface area contributed by atoms with Crippen LogP contribution in [0.5, 0.6) is 0 Å². The number of rotatable bonds is 4. The maximum absolute atomic E-state index is 12.8. The molecule has 1 amide bonds. The van der Waals surface area contributed by atoms with Gasteiger partial charge in [-0.2, -0.15) is 0 Å². The quantitative estimate of drug-likeness (QED) is 0.839. The molecule has 1 aromatic carbocycles. The highest BCUT2D eigenvalue weighted by Gasteiger charge is 2.66. The largest absolute Gasteiger partial charge is 0.481 e. The van der Waals surface area contributed by atoms with Crippen LogP contribution in [0.3, 0.4) is 0 Å². The number of hydrogen-bond donors (Lipinski definition) is 1. The number of amides is 1. The summed E-state index contributed by atoms with van der Waals surface area (Å²) in [5.41, 5.74) is 1.36. The second kappa shape index (κ2) is 5.08. The number of anilines is 1. The van der Waals surface area contributed by atoms with Crippen LogP contribution in [-0.2, 0) is 20.9 Å². The van der Waals surface area contributed by atoms with Crippen molar-refractivity contribution in [1.82, 2.24) is 4.90 Å². The van der Waals surface area contributed by atoms with Crippen LogP contribution in [-0.4, -0.2) is 54.2 Å². The second-order valence-corrected chi connectivity index (χ2v) is 6.99. The zero-order valence-electron chi connectivity index (χ0n) is 13.7. The summed E-state index contributed by atoms with van der Waals surface area (Å²) in [4.78, 5) is 28.1. The minimum Gasteiger partial charge on any atom is -0.481 e. The van der Waals surface area contributed by atoms with Crippen molar-refractivity contribution in [2.24, 2.45) is 11.8 Å². The summed E-state index contributed by atoms with van der Waals surface area (Å²) < 4.78 is 5.89. The molecule has 0 aliphatic carbocycles. The van der Waals surface area contributed by atoms with E-state index in [4.69, 9.17) is 4.74 Å². The van der Waals surface area contributed by atoms with E-state index in [0.29, 0.717) is 13.1 Å². The first-order chi connectivity index (χ1) is 11.4. The number of fused-ring (bicyclic) bond motifs is 1. The van der Waals surface area contributed by atoms with Crippen molar-refractivity contribution in [3.05, 3.63) is 42.0 Å². The topological polar surface area (TPSA) is 70.1 Å². The number of likely N-dealkylation sites (tertiary alicyclic amines) is 1. The number of carboxylic acids is 1. The normalized spacial score (nSPS) is 33.2. The van der Waals surface area contributed by atoms with E-state index in [1.54, 1.807) is 11.0 Å². The smallest absolute Gasteiger partial charge is 0.310 e. The van der Waals surface area contributed by atoms with Gasteiger partial charge in [0.2, 0.25) is 5.91 Å². The molecule has 3 aliphatic heterocycles. The molecule has 1 aromatic rings. The number of benzene rings is 1. The predicted octanol–water partition coefficient (Wildman–Crippen LogP) is 1.12. The molecule has 0 radical (unpaired) electrons. The average molecular weight is 328 g/mol. The first kappa shape index (κ1) is 15.2. The van der Waals surface area contributed by atoms with Crippen LogP contribution >= 0.6 is 0 Å². The van der Waals surface area contributed by atoms with Gasteiger partial charge >= 0.3 is 5.97 Å². The summed E-state index contributed by atoms with van der Waals surface area (Å²) in [6, 6.07) is 8.02. The van der Waals surface area contributed by atoms with Gasteiger partial charge in [-0.25, -0.2) is 0 Å². The zero-order chi connectivity index (χ0) is 17.1. The predicted molar refractivity (Wildman–Crippen MR) is 87.5 cm³/mol. The standard InChI is InChI=1S/C18H20N2O4/c1-19(2)12-5-3-11(4-6-12)9-20-10-18-8-7-13(24-18)14(17(22)23)15(18)16(20)21/h3-8,13-15H,9-10H2,1-2H3,(H,22,23)/t13-,14+,15-,18+/m1/s1. The highest BCUT2D eigenvalue weighted by molar-refractivity contribution is 5.90. The molecule has 0 aromatic heterocycles. The Kier molecular flexibility index (Phi) is 3.22. The Bertz CT molecular complexity index is 727. The lowest BCUT2D eigenvalue weighted by atomic mass is 9.77. The van der Waals surface area contributed by atoms with Crippen molar-refractivity contribution < 1.29 is 19.4 Å². The number of aliphatic carboxylic acids is 1. The minimum atomic E-state index is -0.957. The van der Waals surface area contributed by atoms with Gasteiger partial charge in [0.25, 0.3) is 0 Å². The Morgan fingerprint density at radius 3 is 2.71 bits per heavy atom. The van der Waals surface area contributed by atoms with Gasteiger partial charge < -0.3 is 19.6 Å². The van der Waals surface area contributed by atoms with E-state index in [-0.39, 0.29) is 5.91 Å². The average Bonchev–Trinajstić information content (AvgIpc) is 3.16. The van der Waals surface area contributed by atoms with Gasteiger partial charge in [-0.3, -0.25) is 9.59 Å².